The van der Waals surface area contributed by atoms with Crippen LogP contribution in [0.4, 0.5) is 4.39 Å². The van der Waals surface area contributed by atoms with Crippen molar-refractivity contribution < 1.29 is 8.81 Å². The van der Waals surface area contributed by atoms with E-state index in [1.165, 1.54) is 6.07 Å². The maximum absolute atomic E-state index is 13.3. The van der Waals surface area contributed by atoms with Crippen molar-refractivity contribution >= 4 is 0 Å². The Kier molecular flexibility index (Phi) is 3.37. The van der Waals surface area contributed by atoms with Gasteiger partial charge in [0.15, 0.2) is 0 Å². The molecule has 0 aliphatic heterocycles. The van der Waals surface area contributed by atoms with Gasteiger partial charge in [-0.1, -0.05) is 18.2 Å². The van der Waals surface area contributed by atoms with Crippen LogP contribution in [0.15, 0.2) is 47.1 Å². The van der Waals surface area contributed by atoms with Crippen LogP contribution >= 0.6 is 0 Å². The number of benzene rings is 1. The van der Waals surface area contributed by atoms with E-state index in [9.17, 15) is 4.39 Å². The Bertz CT molecular complexity index is 439. The highest BCUT2D eigenvalue weighted by molar-refractivity contribution is 5.17. The summed E-state index contributed by atoms with van der Waals surface area (Å²) in [6, 6.07) is 10.6. The van der Waals surface area contributed by atoms with E-state index in [1.807, 2.05) is 25.1 Å². The molecule has 1 heterocycles. The summed E-state index contributed by atoms with van der Waals surface area (Å²) < 4.78 is 18.6. The van der Waals surface area contributed by atoms with E-state index < -0.39 is 0 Å². The van der Waals surface area contributed by atoms with Crippen LogP contribution in [0.2, 0.25) is 0 Å². The molecule has 1 atom stereocenters. The number of nitrogens with one attached hydrogen (secondary N) is 1. The number of furan rings is 1. The molecule has 16 heavy (non-hydrogen) atoms. The van der Waals surface area contributed by atoms with Crippen LogP contribution in [0.25, 0.3) is 0 Å². The molecule has 0 fully saturated rings. The molecule has 1 N–H and O–H groups in total. The van der Waals surface area contributed by atoms with E-state index in [1.54, 1.807) is 18.4 Å². The quantitative estimate of drug-likeness (QED) is 0.853. The molecular formula is C13H14FNO. The molecule has 2 aromatic rings. The van der Waals surface area contributed by atoms with Crippen LogP contribution < -0.4 is 5.32 Å². The van der Waals surface area contributed by atoms with Crippen LogP contribution in [-0.4, -0.2) is 0 Å². The highest BCUT2D eigenvalue weighted by Gasteiger charge is 2.08. The molecule has 2 nitrogen and oxygen atoms in total. The monoisotopic (exact) mass is 219 g/mol. The molecule has 0 saturated heterocycles. The summed E-state index contributed by atoms with van der Waals surface area (Å²) in [5.74, 6) is 0.679. The van der Waals surface area contributed by atoms with Crippen LogP contribution in [0.1, 0.15) is 24.3 Å². The van der Waals surface area contributed by atoms with E-state index in [-0.39, 0.29) is 11.9 Å². The minimum atomic E-state index is -0.179. The Hall–Kier alpha value is -1.61. The maximum Gasteiger partial charge on any atom is 0.127 e. The molecule has 0 aliphatic carbocycles. The van der Waals surface area contributed by atoms with E-state index >= 15 is 0 Å². The topological polar surface area (TPSA) is 25.2 Å². The first kappa shape index (κ1) is 10.9. The van der Waals surface area contributed by atoms with Gasteiger partial charge in [0, 0.05) is 12.1 Å². The minimum Gasteiger partial charge on any atom is -0.468 e. The molecule has 1 aromatic carbocycles. The molecule has 0 bridgehead atoms. The van der Waals surface area contributed by atoms with E-state index in [2.05, 4.69) is 5.32 Å². The predicted octanol–water partition coefficient (Wildman–Crippen LogP) is 3.27. The van der Waals surface area contributed by atoms with Crippen LogP contribution in [-0.2, 0) is 6.54 Å². The van der Waals surface area contributed by atoms with Crippen molar-refractivity contribution in [1.29, 1.82) is 0 Å². The Labute approximate surface area is 94.1 Å². The first-order valence-corrected chi connectivity index (χ1v) is 5.27. The number of halogens is 1. The largest absolute Gasteiger partial charge is 0.468 e. The third-order valence-electron chi connectivity index (χ3n) is 2.53. The molecule has 0 spiro atoms. The minimum absolute atomic E-state index is 0.0783. The highest BCUT2D eigenvalue weighted by Crippen LogP contribution is 2.14. The maximum atomic E-state index is 13.3. The van der Waals surface area contributed by atoms with Gasteiger partial charge in [-0.25, -0.2) is 4.39 Å². The molecule has 0 saturated carbocycles. The van der Waals surface area contributed by atoms with Gasteiger partial charge < -0.3 is 9.73 Å². The normalized spacial score (nSPS) is 12.6. The molecule has 84 valence electrons. The molecule has 0 amide bonds. The zero-order valence-corrected chi connectivity index (χ0v) is 9.11. The Morgan fingerprint density at radius 3 is 2.75 bits per heavy atom. The van der Waals surface area contributed by atoms with Gasteiger partial charge in [-0.15, -0.1) is 0 Å². The third-order valence-corrected chi connectivity index (χ3v) is 2.53. The first-order chi connectivity index (χ1) is 7.77. The summed E-state index contributed by atoms with van der Waals surface area (Å²) in [6.07, 6.45) is 1.64. The first-order valence-electron chi connectivity index (χ1n) is 5.27. The van der Waals surface area contributed by atoms with Gasteiger partial charge in [0.1, 0.15) is 11.6 Å². The fourth-order valence-electron chi connectivity index (χ4n) is 1.54. The zero-order chi connectivity index (χ0) is 11.4. The Balaban J connectivity index is 1.95. The van der Waals surface area contributed by atoms with Gasteiger partial charge in [0.25, 0.3) is 0 Å². The zero-order valence-electron chi connectivity index (χ0n) is 9.11. The molecule has 0 radical (unpaired) electrons. The highest BCUT2D eigenvalue weighted by atomic mass is 19.1. The lowest BCUT2D eigenvalue weighted by atomic mass is 10.2. The van der Waals surface area contributed by atoms with Crippen molar-refractivity contribution in [1.82, 2.24) is 5.32 Å². The summed E-state index contributed by atoms with van der Waals surface area (Å²) in [5.41, 5.74) is 0.668. The molecule has 0 unspecified atom stereocenters. The second-order valence-electron chi connectivity index (χ2n) is 3.71. The van der Waals surface area contributed by atoms with Crippen molar-refractivity contribution in [3.05, 3.63) is 59.8 Å². The number of rotatable bonds is 4. The summed E-state index contributed by atoms with van der Waals surface area (Å²) >= 11 is 0. The molecule has 3 heteroatoms. The Morgan fingerprint density at radius 1 is 1.25 bits per heavy atom. The third kappa shape index (κ3) is 2.49. The molecule has 0 aliphatic rings. The summed E-state index contributed by atoms with van der Waals surface area (Å²) in [5, 5.41) is 3.21. The van der Waals surface area contributed by atoms with E-state index in [0.29, 0.717) is 12.1 Å². The summed E-state index contributed by atoms with van der Waals surface area (Å²) in [7, 11) is 0. The Morgan fingerprint density at radius 2 is 2.06 bits per heavy atom. The van der Waals surface area contributed by atoms with Gasteiger partial charge >= 0.3 is 0 Å². The van der Waals surface area contributed by atoms with E-state index in [0.717, 1.165) is 5.76 Å². The predicted molar refractivity (Wildman–Crippen MR) is 60.4 cm³/mol. The van der Waals surface area contributed by atoms with Crippen LogP contribution in [0, 0.1) is 5.82 Å². The fraction of sp³-hybridized carbons (Fsp3) is 0.231. The van der Waals surface area contributed by atoms with Gasteiger partial charge in [0.2, 0.25) is 0 Å². The second-order valence-corrected chi connectivity index (χ2v) is 3.71. The summed E-state index contributed by atoms with van der Waals surface area (Å²) in [4.78, 5) is 0. The van der Waals surface area contributed by atoms with Crippen molar-refractivity contribution in [2.75, 3.05) is 0 Å². The fourth-order valence-corrected chi connectivity index (χ4v) is 1.54. The van der Waals surface area contributed by atoms with Crippen LogP contribution in [0.5, 0.6) is 0 Å². The second kappa shape index (κ2) is 4.94. The lowest BCUT2D eigenvalue weighted by molar-refractivity contribution is 0.427. The molecule has 2 rings (SSSR count). The standard InChI is InChI=1S/C13H14FNO/c1-10(13-7-4-8-16-13)15-9-11-5-2-3-6-12(11)14/h2-8,10,15H,9H2,1H3/t10-/m0/s1. The van der Waals surface area contributed by atoms with Gasteiger partial charge in [-0.2, -0.15) is 0 Å². The lowest BCUT2D eigenvalue weighted by Gasteiger charge is -2.11. The van der Waals surface area contributed by atoms with Gasteiger partial charge in [0.05, 0.1) is 12.3 Å². The van der Waals surface area contributed by atoms with Gasteiger partial charge in [-0.3, -0.25) is 0 Å². The van der Waals surface area contributed by atoms with Crippen LogP contribution in [0.3, 0.4) is 0 Å². The van der Waals surface area contributed by atoms with Crippen molar-refractivity contribution in [3.63, 3.8) is 0 Å². The average molecular weight is 219 g/mol. The summed E-state index contributed by atoms with van der Waals surface area (Å²) in [6.45, 7) is 2.48. The van der Waals surface area contributed by atoms with E-state index in [4.69, 9.17) is 4.42 Å². The number of hydrogen-bond acceptors (Lipinski definition) is 2. The van der Waals surface area contributed by atoms with Crippen molar-refractivity contribution in [3.8, 4) is 0 Å². The average Bonchev–Trinajstić information content (AvgIpc) is 2.81. The molecule has 1 aromatic heterocycles. The SMILES string of the molecule is C[C@H](NCc1ccccc1F)c1ccco1. The van der Waals surface area contributed by atoms with Gasteiger partial charge in [-0.05, 0) is 25.1 Å². The number of hydrogen-bond donors (Lipinski definition) is 1. The van der Waals surface area contributed by atoms with Crippen molar-refractivity contribution in [2.45, 2.75) is 19.5 Å². The lowest BCUT2D eigenvalue weighted by Crippen LogP contribution is -2.18. The van der Waals surface area contributed by atoms with Crippen molar-refractivity contribution in [2.24, 2.45) is 0 Å². The smallest absolute Gasteiger partial charge is 0.127 e. The molecular weight excluding hydrogens is 205 g/mol.